The van der Waals surface area contributed by atoms with Crippen molar-refractivity contribution in [3.05, 3.63) is 142 Å². The lowest BCUT2D eigenvalue weighted by Crippen LogP contribution is -2.62. The molecule has 7 N–H and O–H groups in total. The van der Waals surface area contributed by atoms with Crippen LogP contribution >= 0.6 is 0 Å². The summed E-state index contributed by atoms with van der Waals surface area (Å²) in [6.45, 7) is 1.83. The molecule has 4 aromatic rings. The number of benzene rings is 4. The average molecular weight is 989 g/mol. The lowest BCUT2D eigenvalue weighted by Gasteiger charge is -2.36. The fourth-order valence-corrected chi connectivity index (χ4v) is 7.35. The zero-order chi connectivity index (χ0) is 53.0. The van der Waals surface area contributed by atoms with Crippen molar-refractivity contribution in [2.75, 3.05) is 61.2 Å². The molecule has 4 aromatic carbocycles. The lowest BCUT2D eigenvalue weighted by atomic mass is 9.92. The highest BCUT2D eigenvalue weighted by molar-refractivity contribution is 6.15. The van der Waals surface area contributed by atoms with Crippen LogP contribution in [0.4, 0.5) is 0 Å². The molecule has 5 rings (SSSR count). The summed E-state index contributed by atoms with van der Waals surface area (Å²) in [6, 6.07) is 27.1. The number of aliphatic hydroxyl groups is 5. The second kappa shape index (κ2) is 27.5. The third kappa shape index (κ3) is 14.8. The van der Waals surface area contributed by atoms with Gasteiger partial charge in [0, 0.05) is 94.2 Å². The van der Waals surface area contributed by atoms with Gasteiger partial charge >= 0.3 is 0 Å². The zero-order valence-electron chi connectivity index (χ0n) is 41.4. The number of amides is 4. The standard InChI is InChI=1S/C30H36N2O7.C25H28N2O6/c1-30(29(37)31-2,26(35)20-39-27-6-4-5-19-38-27)32(3)28(36)24-15-11-22(12-16-24)8-7-21-9-13-23(14-10-21)25(34)17-18-33;1-25(22(31)16-29,24(33)26-2)27(3)23(32)20-12-8-18(9-13-20)5-4-17-6-10-19(11-7-17)21(30)14-15-28/h9-16,25,27,33-34H,4-6,17-20H2,1-3H3,(H,31,37);6-13,21,28-30H,14-16H2,1-3H3,(H,26,33)/t25-,27?,30-;21-,25-/m11/s1. The summed E-state index contributed by atoms with van der Waals surface area (Å²) >= 11 is 0. The Morgan fingerprint density at radius 2 is 0.972 bits per heavy atom. The van der Waals surface area contributed by atoms with Crippen LogP contribution in [0.25, 0.3) is 0 Å². The summed E-state index contributed by atoms with van der Waals surface area (Å²) in [5.74, 6) is 8.33. The van der Waals surface area contributed by atoms with Crippen molar-refractivity contribution in [1.29, 1.82) is 0 Å². The Hall–Kier alpha value is -7.06. The number of ether oxygens (including phenoxy) is 2. The van der Waals surface area contributed by atoms with Crippen LogP contribution in [0.5, 0.6) is 0 Å². The highest BCUT2D eigenvalue weighted by Crippen LogP contribution is 2.23. The SMILES string of the molecule is CNC(=O)[C@@](C)(C(=O)CO)N(C)C(=O)c1ccc(C#Cc2ccc([C@H](O)CCO)cc2)cc1.CNC(=O)[C@@](C)(C(=O)COC1CCCCO1)N(C)C(=O)c1ccc(C#Cc2ccc([C@H](O)CCO)cc2)cc1. The molecule has 1 unspecified atom stereocenters. The van der Waals surface area contributed by atoms with E-state index in [2.05, 4.69) is 34.3 Å². The number of aliphatic hydroxyl groups excluding tert-OH is 5. The van der Waals surface area contributed by atoms with Crippen LogP contribution in [0, 0.1) is 23.7 Å². The van der Waals surface area contributed by atoms with E-state index in [1.807, 2.05) is 0 Å². The minimum atomic E-state index is -1.85. The molecule has 0 saturated carbocycles. The van der Waals surface area contributed by atoms with E-state index < -0.39 is 71.4 Å². The number of hydrogen-bond donors (Lipinski definition) is 7. The van der Waals surface area contributed by atoms with Crippen molar-refractivity contribution in [2.24, 2.45) is 0 Å². The van der Waals surface area contributed by atoms with Gasteiger partial charge in [-0.1, -0.05) is 47.9 Å². The van der Waals surface area contributed by atoms with E-state index in [-0.39, 0.29) is 38.2 Å². The molecule has 0 aromatic heterocycles. The zero-order valence-corrected chi connectivity index (χ0v) is 41.4. The molecule has 4 amide bonds. The average Bonchev–Trinajstić information content (AvgIpc) is 3.42. The molecule has 0 spiro atoms. The first-order valence-electron chi connectivity index (χ1n) is 23.3. The largest absolute Gasteiger partial charge is 0.396 e. The number of likely N-dealkylation sites (N-methyl/N-ethyl adjacent to an activating group) is 4. The molecule has 0 radical (unpaired) electrons. The first kappa shape index (κ1) is 57.5. The van der Waals surface area contributed by atoms with E-state index in [1.165, 1.54) is 42.0 Å². The highest BCUT2D eigenvalue weighted by Gasteiger charge is 2.47. The van der Waals surface area contributed by atoms with Crippen LogP contribution in [0.15, 0.2) is 97.1 Å². The van der Waals surface area contributed by atoms with E-state index in [9.17, 15) is 44.1 Å². The monoisotopic (exact) mass is 988 g/mol. The van der Waals surface area contributed by atoms with Crippen LogP contribution in [0.3, 0.4) is 0 Å². The van der Waals surface area contributed by atoms with Crippen molar-refractivity contribution in [1.82, 2.24) is 20.4 Å². The number of nitrogens with zero attached hydrogens (tertiary/aromatic N) is 2. The molecule has 5 atom stereocenters. The van der Waals surface area contributed by atoms with E-state index in [0.29, 0.717) is 40.8 Å². The minimum absolute atomic E-state index is 0.0946. The van der Waals surface area contributed by atoms with Crippen molar-refractivity contribution < 1.29 is 63.8 Å². The van der Waals surface area contributed by atoms with Gasteiger partial charge < -0.3 is 55.4 Å². The number of carbonyl (C=O) groups excluding carboxylic acids is 6. The molecule has 1 heterocycles. The first-order valence-corrected chi connectivity index (χ1v) is 23.3. The van der Waals surface area contributed by atoms with Gasteiger partial charge in [0.15, 0.2) is 28.9 Å². The van der Waals surface area contributed by atoms with E-state index >= 15 is 0 Å². The van der Waals surface area contributed by atoms with Crippen LogP contribution in [0.1, 0.15) is 112 Å². The third-order valence-electron chi connectivity index (χ3n) is 12.4. The van der Waals surface area contributed by atoms with Gasteiger partial charge in [0.05, 0.1) is 12.2 Å². The minimum Gasteiger partial charge on any atom is -0.396 e. The van der Waals surface area contributed by atoms with Gasteiger partial charge in [-0.2, -0.15) is 0 Å². The van der Waals surface area contributed by atoms with Crippen LogP contribution in [-0.4, -0.2) is 149 Å². The Balaban J connectivity index is 0.000000317. The number of Topliss-reactive ketones (excluding diaryl/α,β-unsaturated/α-hetero) is 2. The molecule has 72 heavy (non-hydrogen) atoms. The molecular weight excluding hydrogens is 925 g/mol. The smallest absolute Gasteiger partial charge is 0.254 e. The number of hydrogen-bond acceptors (Lipinski definition) is 13. The fraction of sp³-hybridized carbons (Fsp3) is 0.382. The topological polar surface area (TPSA) is 253 Å². The van der Waals surface area contributed by atoms with Gasteiger partial charge in [0.1, 0.15) is 13.2 Å². The Bertz CT molecular complexity index is 2590. The van der Waals surface area contributed by atoms with Crippen LogP contribution in [0.2, 0.25) is 0 Å². The summed E-state index contributed by atoms with van der Waals surface area (Å²) in [5.41, 5.74) is 1.13. The van der Waals surface area contributed by atoms with Gasteiger partial charge in [0.25, 0.3) is 23.6 Å². The number of rotatable bonds is 18. The molecule has 0 aliphatic carbocycles. The lowest BCUT2D eigenvalue weighted by molar-refractivity contribution is -0.174. The normalized spacial score (nSPS) is 15.3. The van der Waals surface area contributed by atoms with E-state index in [4.69, 9.17) is 19.7 Å². The summed E-state index contributed by atoms with van der Waals surface area (Å²) in [5, 5.41) is 51.8. The Morgan fingerprint density at radius 1 is 0.611 bits per heavy atom. The maximum absolute atomic E-state index is 13.3. The van der Waals surface area contributed by atoms with Gasteiger partial charge in [-0.3, -0.25) is 28.8 Å². The Morgan fingerprint density at radius 3 is 1.29 bits per heavy atom. The second-order valence-electron chi connectivity index (χ2n) is 17.1. The maximum atomic E-state index is 13.3. The van der Waals surface area contributed by atoms with Crippen LogP contribution in [-0.2, 0) is 28.7 Å². The predicted octanol–water partition coefficient (Wildman–Crippen LogP) is 2.83. The van der Waals surface area contributed by atoms with Gasteiger partial charge in [-0.25, -0.2) is 0 Å². The molecule has 17 nitrogen and oxygen atoms in total. The summed E-state index contributed by atoms with van der Waals surface area (Å²) in [4.78, 5) is 78.9. The van der Waals surface area contributed by atoms with Crippen molar-refractivity contribution in [3.8, 4) is 23.7 Å². The molecule has 1 saturated heterocycles. The highest BCUT2D eigenvalue weighted by atomic mass is 16.7. The van der Waals surface area contributed by atoms with Gasteiger partial charge in [-0.05, 0) is 117 Å². The summed E-state index contributed by atoms with van der Waals surface area (Å²) < 4.78 is 11.1. The molecule has 382 valence electrons. The molecule has 1 aliphatic heterocycles. The third-order valence-corrected chi connectivity index (χ3v) is 12.4. The second-order valence-corrected chi connectivity index (χ2v) is 17.1. The Labute approximate surface area is 420 Å². The number of carbonyl (C=O) groups is 6. The van der Waals surface area contributed by atoms with Crippen LogP contribution < -0.4 is 10.6 Å². The summed E-state index contributed by atoms with van der Waals surface area (Å²) in [7, 11) is 5.51. The number of ketones is 2. The van der Waals surface area contributed by atoms with E-state index in [0.717, 1.165) is 33.8 Å². The molecule has 1 aliphatic rings. The van der Waals surface area contributed by atoms with Gasteiger partial charge in [0.2, 0.25) is 0 Å². The van der Waals surface area contributed by atoms with Crippen molar-refractivity contribution in [2.45, 2.75) is 75.5 Å². The van der Waals surface area contributed by atoms with Crippen molar-refractivity contribution >= 4 is 35.2 Å². The number of nitrogens with one attached hydrogen (secondary N) is 2. The first-order chi connectivity index (χ1) is 34.4. The predicted molar refractivity (Wildman–Crippen MR) is 267 cm³/mol. The molecule has 0 bridgehead atoms. The maximum Gasteiger partial charge on any atom is 0.254 e. The molecular formula is C55H64N4O13. The Kier molecular flexibility index (Phi) is 22.0. The van der Waals surface area contributed by atoms with Crippen molar-refractivity contribution in [3.63, 3.8) is 0 Å². The quantitative estimate of drug-likeness (QED) is 0.0561. The fourth-order valence-electron chi connectivity index (χ4n) is 7.35. The molecule has 17 heteroatoms. The van der Waals surface area contributed by atoms with E-state index in [1.54, 1.807) is 97.1 Å². The molecule has 1 fully saturated rings. The van der Waals surface area contributed by atoms with Gasteiger partial charge in [-0.15, -0.1) is 0 Å². The summed E-state index contributed by atoms with van der Waals surface area (Å²) in [6.07, 6.45) is 1.14.